The second-order valence-electron chi connectivity index (χ2n) is 5.70. The number of amides is 1. The molecule has 3 heterocycles. The summed E-state index contributed by atoms with van der Waals surface area (Å²) in [5.41, 5.74) is 0.852. The van der Waals surface area contributed by atoms with Gasteiger partial charge in [0.2, 0.25) is 0 Å². The van der Waals surface area contributed by atoms with E-state index in [0.717, 1.165) is 54.4 Å². The topological polar surface area (TPSA) is 59.0 Å². The first-order valence-electron chi connectivity index (χ1n) is 7.72. The fourth-order valence-electron chi connectivity index (χ4n) is 2.84. The van der Waals surface area contributed by atoms with E-state index in [1.54, 1.807) is 11.3 Å². The maximum Gasteiger partial charge on any atom is 0.267 e. The lowest BCUT2D eigenvalue weighted by Gasteiger charge is -2.31. The lowest BCUT2D eigenvalue weighted by Crippen LogP contribution is -2.39. The van der Waals surface area contributed by atoms with Crippen LogP contribution in [0.25, 0.3) is 0 Å². The van der Waals surface area contributed by atoms with Gasteiger partial charge in [0.05, 0.1) is 10.7 Å². The van der Waals surface area contributed by atoms with Crippen molar-refractivity contribution in [3.8, 4) is 0 Å². The number of nitrogens with zero attached hydrogens (tertiary/aromatic N) is 4. The summed E-state index contributed by atoms with van der Waals surface area (Å²) in [7, 11) is 0. The number of hydrogen-bond donors (Lipinski definition) is 0. The molecule has 1 unspecified atom stereocenters. The summed E-state index contributed by atoms with van der Waals surface area (Å²) in [6.45, 7) is 5.75. The van der Waals surface area contributed by atoms with E-state index >= 15 is 0 Å². The minimum Gasteiger partial charge on any atom is -0.337 e. The van der Waals surface area contributed by atoms with Crippen LogP contribution in [0.4, 0.5) is 0 Å². The van der Waals surface area contributed by atoms with E-state index in [1.165, 1.54) is 16.4 Å². The summed E-state index contributed by atoms with van der Waals surface area (Å²) >= 11 is 2.97. The molecule has 2 aromatic heterocycles. The predicted molar refractivity (Wildman–Crippen MR) is 88.6 cm³/mol. The third-order valence-electron chi connectivity index (χ3n) is 3.93. The smallest absolute Gasteiger partial charge is 0.267 e. The Morgan fingerprint density at radius 3 is 3.09 bits per heavy atom. The van der Waals surface area contributed by atoms with Crippen molar-refractivity contribution in [2.24, 2.45) is 0 Å². The molecule has 0 aromatic carbocycles. The van der Waals surface area contributed by atoms with Crippen molar-refractivity contribution in [1.82, 2.24) is 19.5 Å². The molecule has 0 bridgehead atoms. The van der Waals surface area contributed by atoms with Crippen molar-refractivity contribution >= 4 is 28.8 Å². The molecule has 118 valence electrons. The average Bonchev–Trinajstić information content (AvgIpc) is 3.16. The van der Waals surface area contributed by atoms with Crippen molar-refractivity contribution in [1.29, 1.82) is 0 Å². The van der Waals surface area contributed by atoms with Gasteiger partial charge in [0, 0.05) is 30.1 Å². The molecule has 3 rings (SSSR count). The van der Waals surface area contributed by atoms with Crippen LogP contribution < -0.4 is 0 Å². The lowest BCUT2D eigenvalue weighted by molar-refractivity contribution is 0.0710. The third kappa shape index (κ3) is 3.20. The molecule has 1 aliphatic rings. The first-order valence-corrected chi connectivity index (χ1v) is 9.30. The van der Waals surface area contributed by atoms with E-state index < -0.39 is 0 Å². The highest BCUT2D eigenvalue weighted by atomic mass is 32.1. The molecule has 1 amide bonds. The molecule has 0 aliphatic carbocycles. The number of rotatable bonds is 4. The molecule has 1 aliphatic heterocycles. The number of likely N-dealkylation sites (tertiary alicyclic amines) is 1. The minimum absolute atomic E-state index is 0.0939. The van der Waals surface area contributed by atoms with Gasteiger partial charge in [-0.2, -0.15) is 0 Å². The molecule has 22 heavy (non-hydrogen) atoms. The zero-order valence-corrected chi connectivity index (χ0v) is 14.5. The van der Waals surface area contributed by atoms with Gasteiger partial charge in [-0.3, -0.25) is 4.79 Å². The first-order chi connectivity index (χ1) is 10.7. The Morgan fingerprint density at radius 1 is 1.50 bits per heavy atom. The van der Waals surface area contributed by atoms with Crippen LogP contribution in [0.15, 0.2) is 6.20 Å². The van der Waals surface area contributed by atoms with E-state index in [-0.39, 0.29) is 5.91 Å². The van der Waals surface area contributed by atoms with E-state index in [2.05, 4.69) is 28.4 Å². The third-order valence-corrected chi connectivity index (χ3v) is 5.77. The molecular weight excluding hydrogens is 316 g/mol. The summed E-state index contributed by atoms with van der Waals surface area (Å²) < 4.78 is 3.97. The fraction of sp³-hybridized carbons (Fsp3) is 0.600. The highest BCUT2D eigenvalue weighted by molar-refractivity contribution is 7.11. The number of piperidine rings is 1. The van der Waals surface area contributed by atoms with E-state index in [1.807, 2.05) is 11.1 Å². The van der Waals surface area contributed by atoms with E-state index in [9.17, 15) is 4.79 Å². The molecule has 2 aromatic rings. The minimum atomic E-state index is 0.0939. The van der Waals surface area contributed by atoms with Gasteiger partial charge in [-0.1, -0.05) is 17.8 Å². The quantitative estimate of drug-likeness (QED) is 0.860. The van der Waals surface area contributed by atoms with Crippen LogP contribution in [-0.2, 0) is 6.42 Å². The summed E-state index contributed by atoms with van der Waals surface area (Å²) in [5.74, 6) is 0.461. The Kier molecular flexibility index (Phi) is 4.83. The number of aryl methyl sites for hydroxylation is 2. The van der Waals surface area contributed by atoms with Gasteiger partial charge < -0.3 is 4.90 Å². The molecule has 1 saturated heterocycles. The highest BCUT2D eigenvalue weighted by Crippen LogP contribution is 2.31. The number of aromatic nitrogens is 3. The highest BCUT2D eigenvalue weighted by Gasteiger charge is 2.29. The second-order valence-corrected chi connectivity index (χ2v) is 7.72. The Morgan fingerprint density at radius 2 is 2.36 bits per heavy atom. The molecule has 0 radical (unpaired) electrons. The number of carbonyl (C=O) groups is 1. The average molecular weight is 336 g/mol. The number of hydrogen-bond acceptors (Lipinski definition) is 6. The molecule has 1 atom stereocenters. The van der Waals surface area contributed by atoms with Gasteiger partial charge in [0.1, 0.15) is 4.88 Å². The van der Waals surface area contributed by atoms with Crippen molar-refractivity contribution in [3.05, 3.63) is 26.7 Å². The molecule has 0 N–H and O–H groups in total. The van der Waals surface area contributed by atoms with Crippen LogP contribution in [0, 0.1) is 6.92 Å². The van der Waals surface area contributed by atoms with E-state index in [0.29, 0.717) is 5.92 Å². The summed E-state index contributed by atoms with van der Waals surface area (Å²) in [5, 5.41) is 5.27. The van der Waals surface area contributed by atoms with Gasteiger partial charge >= 0.3 is 0 Å². The zero-order chi connectivity index (χ0) is 15.5. The van der Waals surface area contributed by atoms with Gasteiger partial charge in [-0.25, -0.2) is 4.98 Å². The van der Waals surface area contributed by atoms with Crippen LogP contribution in [0.2, 0.25) is 0 Å². The molecule has 0 saturated carbocycles. The normalized spacial score (nSPS) is 18.6. The SMILES string of the molecule is CCCc1nnsc1C(=O)N1CCCC(c2ncc(C)s2)C1. The maximum absolute atomic E-state index is 12.8. The van der Waals surface area contributed by atoms with Crippen LogP contribution in [0.3, 0.4) is 0 Å². The van der Waals surface area contributed by atoms with Crippen molar-refractivity contribution in [3.63, 3.8) is 0 Å². The molecule has 0 spiro atoms. The second kappa shape index (κ2) is 6.83. The first kappa shape index (κ1) is 15.6. The molecule has 7 heteroatoms. The summed E-state index contributed by atoms with van der Waals surface area (Å²) in [4.78, 5) is 21.2. The summed E-state index contributed by atoms with van der Waals surface area (Å²) in [6.07, 6.45) is 5.87. The van der Waals surface area contributed by atoms with Crippen molar-refractivity contribution in [2.45, 2.75) is 45.4 Å². The van der Waals surface area contributed by atoms with E-state index in [4.69, 9.17) is 0 Å². The van der Waals surface area contributed by atoms with Crippen molar-refractivity contribution < 1.29 is 4.79 Å². The van der Waals surface area contributed by atoms with Crippen LogP contribution >= 0.6 is 22.9 Å². The Bertz CT molecular complexity index is 652. The summed E-state index contributed by atoms with van der Waals surface area (Å²) in [6, 6.07) is 0. The standard InChI is InChI=1S/C15H20N4OS2/c1-3-5-12-13(22-18-17-12)15(20)19-7-4-6-11(9-19)14-16-8-10(2)21-14/h8,11H,3-7,9H2,1-2H3. The number of thiazole rings is 1. The van der Waals surface area contributed by atoms with Gasteiger partial charge in [0.15, 0.2) is 0 Å². The van der Waals surface area contributed by atoms with Gasteiger partial charge in [-0.15, -0.1) is 16.4 Å². The molecular formula is C15H20N4OS2. The Balaban J connectivity index is 1.74. The molecule has 5 nitrogen and oxygen atoms in total. The Hall–Kier alpha value is -1.34. The largest absolute Gasteiger partial charge is 0.337 e. The van der Waals surface area contributed by atoms with Gasteiger partial charge in [0.25, 0.3) is 5.91 Å². The van der Waals surface area contributed by atoms with Crippen molar-refractivity contribution in [2.75, 3.05) is 13.1 Å². The predicted octanol–water partition coefficient (Wildman–Crippen LogP) is 3.28. The van der Waals surface area contributed by atoms with Crippen LogP contribution in [0.5, 0.6) is 0 Å². The fourth-order valence-corrected chi connectivity index (χ4v) is 4.42. The van der Waals surface area contributed by atoms with Crippen LogP contribution in [-0.4, -0.2) is 38.5 Å². The lowest BCUT2D eigenvalue weighted by atomic mass is 9.98. The zero-order valence-electron chi connectivity index (χ0n) is 12.9. The van der Waals surface area contributed by atoms with Crippen LogP contribution in [0.1, 0.15) is 57.4 Å². The Labute approximate surface area is 138 Å². The monoisotopic (exact) mass is 336 g/mol. The number of carbonyl (C=O) groups excluding carboxylic acids is 1. The maximum atomic E-state index is 12.8. The molecule has 1 fully saturated rings. The van der Waals surface area contributed by atoms with Gasteiger partial charge in [-0.05, 0) is 37.7 Å².